The Bertz CT molecular complexity index is 1370. The van der Waals surface area contributed by atoms with E-state index in [1.54, 1.807) is 12.1 Å². The molecule has 2 N–H and O–H groups in total. The fourth-order valence-electron chi connectivity index (χ4n) is 6.24. The molecule has 3 aliphatic rings. The van der Waals surface area contributed by atoms with Crippen LogP contribution < -0.4 is 0 Å². The van der Waals surface area contributed by atoms with Crippen LogP contribution in [0, 0.1) is 5.41 Å². The molecule has 2 aliphatic heterocycles. The molecule has 2 heterocycles. The molecule has 6 nitrogen and oxygen atoms in total. The lowest BCUT2D eigenvalue weighted by Crippen LogP contribution is -2.30. The minimum absolute atomic E-state index is 0.271. The first kappa shape index (κ1) is 26.1. The zero-order chi connectivity index (χ0) is 27.1. The van der Waals surface area contributed by atoms with E-state index < -0.39 is 17.4 Å². The van der Waals surface area contributed by atoms with Crippen LogP contribution in [0.5, 0.6) is 0 Å². The van der Waals surface area contributed by atoms with Crippen molar-refractivity contribution in [3.05, 3.63) is 101 Å². The number of carboxylic acid groups (broad SMARTS) is 2. The summed E-state index contributed by atoms with van der Waals surface area (Å²) < 4.78 is 2.12. The molecule has 0 spiro atoms. The monoisotopic (exact) mass is 499 g/mol. The van der Waals surface area contributed by atoms with Gasteiger partial charge in [-0.15, -0.1) is 13.2 Å². The third-order valence-electron chi connectivity index (χ3n) is 8.20. The van der Waals surface area contributed by atoms with E-state index in [2.05, 4.69) is 48.6 Å². The molecule has 0 radical (unpaired) electrons. The zero-order valence-electron chi connectivity index (χ0n) is 22.0. The van der Waals surface area contributed by atoms with Crippen LogP contribution in [-0.2, 0) is 10.2 Å². The van der Waals surface area contributed by atoms with Gasteiger partial charge >= 0.3 is 11.9 Å². The standard InChI is InChI=1S/C31H34N2O4/c1-7-16-30(3)22-18-20(28(34)35)12-14-24(22)32(5)26(30)10-9-11-27-31(4,17-8-2)23-19-21(29(36)37)13-15-25(23)33(27)6/h7-12,14,18-19H,1-2,13,15-17H2,3-6H3,(H-,34,35,36,37)/p+1. The van der Waals surface area contributed by atoms with E-state index in [0.29, 0.717) is 31.3 Å². The van der Waals surface area contributed by atoms with Crippen LogP contribution in [0.2, 0.25) is 0 Å². The lowest BCUT2D eigenvalue weighted by molar-refractivity contribution is -0.401. The average Bonchev–Trinajstić information content (AvgIpc) is 3.19. The van der Waals surface area contributed by atoms with E-state index in [4.69, 9.17) is 0 Å². The number of carbonyl (C=O) groups is 2. The fraction of sp³-hybridized carbons (Fsp3) is 0.323. The van der Waals surface area contributed by atoms with Gasteiger partial charge in [-0.05, 0) is 69.4 Å². The van der Waals surface area contributed by atoms with Gasteiger partial charge in [0.15, 0.2) is 5.71 Å². The number of carboxylic acids is 2. The Morgan fingerprint density at radius 1 is 1.08 bits per heavy atom. The highest BCUT2D eigenvalue weighted by Gasteiger charge is 2.47. The Morgan fingerprint density at radius 3 is 2.38 bits per heavy atom. The fourth-order valence-corrected chi connectivity index (χ4v) is 6.24. The number of allylic oxidation sites excluding steroid dienone is 8. The second-order valence-corrected chi connectivity index (χ2v) is 10.4. The molecular weight excluding hydrogens is 464 g/mol. The summed E-state index contributed by atoms with van der Waals surface area (Å²) in [7, 11) is 4.05. The quantitative estimate of drug-likeness (QED) is 0.340. The van der Waals surface area contributed by atoms with E-state index in [9.17, 15) is 19.8 Å². The topological polar surface area (TPSA) is 80.8 Å². The van der Waals surface area contributed by atoms with Crippen molar-refractivity contribution in [2.24, 2.45) is 5.41 Å². The van der Waals surface area contributed by atoms with Gasteiger partial charge in [-0.1, -0.05) is 18.2 Å². The van der Waals surface area contributed by atoms with E-state index in [1.165, 1.54) is 0 Å². The van der Waals surface area contributed by atoms with Gasteiger partial charge < -0.3 is 15.1 Å². The molecule has 37 heavy (non-hydrogen) atoms. The first-order valence-corrected chi connectivity index (χ1v) is 12.5. The van der Waals surface area contributed by atoms with Gasteiger partial charge in [0.1, 0.15) is 7.05 Å². The number of hydrogen-bond donors (Lipinski definition) is 2. The maximum Gasteiger partial charge on any atom is 0.335 e. The van der Waals surface area contributed by atoms with E-state index in [1.807, 2.05) is 44.5 Å². The number of hydrogen-bond acceptors (Lipinski definition) is 3. The highest BCUT2D eigenvalue weighted by atomic mass is 16.4. The Kier molecular flexibility index (Phi) is 6.72. The maximum absolute atomic E-state index is 11.7. The zero-order valence-corrected chi connectivity index (χ0v) is 22.0. The van der Waals surface area contributed by atoms with Gasteiger partial charge in [0.25, 0.3) is 0 Å². The third-order valence-corrected chi connectivity index (χ3v) is 8.20. The summed E-state index contributed by atoms with van der Waals surface area (Å²) in [5.74, 6) is -1.80. The predicted molar refractivity (Wildman–Crippen MR) is 146 cm³/mol. The molecule has 1 aromatic carbocycles. The number of aliphatic carboxylic acids is 1. The van der Waals surface area contributed by atoms with Gasteiger partial charge in [-0.2, -0.15) is 4.58 Å². The van der Waals surface area contributed by atoms with E-state index in [-0.39, 0.29) is 11.0 Å². The first-order valence-electron chi connectivity index (χ1n) is 12.5. The number of fused-ring (bicyclic) bond motifs is 1. The summed E-state index contributed by atoms with van der Waals surface area (Å²) in [6.45, 7) is 12.2. The van der Waals surface area contributed by atoms with Crippen LogP contribution in [0.1, 0.15) is 55.5 Å². The Hall–Kier alpha value is -3.93. The van der Waals surface area contributed by atoms with Crippen molar-refractivity contribution in [1.82, 2.24) is 4.90 Å². The lowest BCUT2D eigenvalue weighted by Gasteiger charge is -2.29. The van der Waals surface area contributed by atoms with Crippen molar-refractivity contribution in [1.29, 1.82) is 0 Å². The molecule has 4 rings (SSSR count). The van der Waals surface area contributed by atoms with Gasteiger partial charge in [0.05, 0.1) is 11.0 Å². The highest BCUT2D eigenvalue weighted by molar-refractivity contribution is 6.04. The number of rotatable bonds is 8. The maximum atomic E-state index is 11.7. The minimum atomic E-state index is -0.942. The molecule has 0 aromatic heterocycles. The molecular formula is C31H35N2O4+. The summed E-state index contributed by atoms with van der Waals surface area (Å²) in [5, 5.41) is 19.1. The summed E-state index contributed by atoms with van der Waals surface area (Å²) in [4.78, 5) is 25.5. The Morgan fingerprint density at radius 2 is 1.76 bits per heavy atom. The molecule has 0 saturated carbocycles. The SMILES string of the molecule is C=CCC1(C)C2=C(CCC(C(=O)O)=C2)N(C)/C1=C\C=C\C1=[N+](C)c2ccc(C(=O)O)cc2C1(C)CC=C. The molecule has 2 unspecified atom stereocenters. The van der Waals surface area contributed by atoms with Crippen molar-refractivity contribution in [3.63, 3.8) is 0 Å². The second kappa shape index (κ2) is 9.51. The molecule has 0 fully saturated rings. The first-order chi connectivity index (χ1) is 17.5. The molecule has 6 heteroatoms. The number of nitrogens with zero attached hydrogens (tertiary/aromatic N) is 2. The summed E-state index contributed by atoms with van der Waals surface area (Å²) in [6.07, 6.45) is 14.4. The van der Waals surface area contributed by atoms with Crippen molar-refractivity contribution in [2.75, 3.05) is 14.1 Å². The summed E-state index contributed by atoms with van der Waals surface area (Å²) in [6, 6.07) is 5.28. The van der Waals surface area contributed by atoms with Crippen LogP contribution >= 0.6 is 0 Å². The number of aromatic carboxylic acids is 1. The largest absolute Gasteiger partial charge is 0.478 e. The molecule has 192 valence electrons. The predicted octanol–water partition coefficient (Wildman–Crippen LogP) is 5.97. The van der Waals surface area contributed by atoms with Crippen molar-refractivity contribution in [3.8, 4) is 0 Å². The van der Waals surface area contributed by atoms with Crippen molar-refractivity contribution >= 4 is 23.3 Å². The Balaban J connectivity index is 1.76. The van der Waals surface area contributed by atoms with Gasteiger partial charge in [-0.3, -0.25) is 0 Å². The van der Waals surface area contributed by atoms with Gasteiger partial charge in [-0.25, -0.2) is 9.59 Å². The molecule has 1 aromatic rings. The van der Waals surface area contributed by atoms with Gasteiger partial charge in [0, 0.05) is 47.1 Å². The molecule has 2 atom stereocenters. The molecule has 0 bridgehead atoms. The molecule has 0 amide bonds. The molecule has 0 saturated heterocycles. The molecule has 1 aliphatic carbocycles. The lowest BCUT2D eigenvalue weighted by atomic mass is 9.75. The Labute approximate surface area is 218 Å². The van der Waals surface area contributed by atoms with Crippen molar-refractivity contribution < 1.29 is 24.4 Å². The summed E-state index contributed by atoms with van der Waals surface area (Å²) in [5.41, 5.74) is 6.22. The average molecular weight is 500 g/mol. The highest BCUT2D eigenvalue weighted by Crippen LogP contribution is 2.52. The summed E-state index contributed by atoms with van der Waals surface area (Å²) >= 11 is 0. The minimum Gasteiger partial charge on any atom is -0.478 e. The van der Waals surface area contributed by atoms with E-state index >= 15 is 0 Å². The van der Waals surface area contributed by atoms with Crippen LogP contribution in [-0.4, -0.2) is 51.4 Å². The van der Waals surface area contributed by atoms with Crippen LogP contribution in [0.25, 0.3) is 0 Å². The second-order valence-electron chi connectivity index (χ2n) is 10.4. The van der Waals surface area contributed by atoms with Gasteiger partial charge in [0.2, 0.25) is 5.69 Å². The smallest absolute Gasteiger partial charge is 0.335 e. The van der Waals surface area contributed by atoms with E-state index in [0.717, 1.165) is 33.9 Å². The van der Waals surface area contributed by atoms with Crippen LogP contribution in [0.15, 0.2) is 90.4 Å². The normalized spacial score (nSPS) is 26.0. The number of benzene rings is 1. The van der Waals surface area contributed by atoms with Crippen LogP contribution in [0.3, 0.4) is 0 Å². The van der Waals surface area contributed by atoms with Crippen LogP contribution in [0.4, 0.5) is 5.69 Å². The third kappa shape index (κ3) is 4.10. The van der Waals surface area contributed by atoms with Crippen molar-refractivity contribution in [2.45, 2.75) is 44.9 Å².